The molecule has 3 aromatic heterocycles. The minimum absolute atomic E-state index is 0.103. The zero-order chi connectivity index (χ0) is 21.3. The van der Waals surface area contributed by atoms with E-state index in [9.17, 15) is 14.9 Å². The van der Waals surface area contributed by atoms with Crippen LogP contribution in [0.25, 0.3) is 5.65 Å². The second-order valence-corrected chi connectivity index (χ2v) is 7.76. The minimum atomic E-state index is -0.520. The van der Waals surface area contributed by atoms with Gasteiger partial charge in [0.2, 0.25) is 5.69 Å². The van der Waals surface area contributed by atoms with E-state index in [4.69, 9.17) is 11.6 Å². The van der Waals surface area contributed by atoms with Crippen LogP contribution in [0.1, 0.15) is 35.2 Å². The number of halogens is 1. The number of hydrogen-bond acceptors (Lipinski definition) is 6. The van der Waals surface area contributed by atoms with Gasteiger partial charge >= 0.3 is 5.69 Å². The highest BCUT2D eigenvalue weighted by Gasteiger charge is 2.33. The van der Waals surface area contributed by atoms with Gasteiger partial charge in [-0.2, -0.15) is 5.10 Å². The standard InChI is InChI=1S/C19H22ClN7O3/c1-2-3-15-18(27(29)30)17(23-22-15)19(28)25-8-6-24(7-9-25)11-14-12-26-10-13(20)4-5-16(26)21-14/h4-5,10,12H,2-3,6-9,11H2,1H3,(H,22,23). The summed E-state index contributed by atoms with van der Waals surface area (Å²) in [6, 6.07) is 3.67. The first-order valence-electron chi connectivity index (χ1n) is 9.82. The number of nitrogens with zero attached hydrogens (tertiary/aromatic N) is 6. The number of nitrogens with one attached hydrogen (secondary N) is 1. The van der Waals surface area contributed by atoms with E-state index in [1.807, 2.05) is 29.8 Å². The smallest absolute Gasteiger partial charge is 0.322 e. The lowest BCUT2D eigenvalue weighted by molar-refractivity contribution is -0.385. The van der Waals surface area contributed by atoms with Crippen molar-refractivity contribution in [1.29, 1.82) is 0 Å². The molecule has 10 nitrogen and oxygen atoms in total. The number of carbonyl (C=O) groups excluding carboxylic acids is 1. The molecule has 0 aliphatic carbocycles. The molecule has 1 aliphatic heterocycles. The van der Waals surface area contributed by atoms with Crippen LogP contribution in [0.5, 0.6) is 0 Å². The van der Waals surface area contributed by atoms with Crippen LogP contribution in [0.3, 0.4) is 0 Å². The summed E-state index contributed by atoms with van der Waals surface area (Å²) in [4.78, 5) is 32.2. The number of pyridine rings is 1. The van der Waals surface area contributed by atoms with E-state index in [0.717, 1.165) is 17.8 Å². The predicted molar refractivity (Wildman–Crippen MR) is 111 cm³/mol. The monoisotopic (exact) mass is 431 g/mol. The van der Waals surface area contributed by atoms with E-state index in [1.165, 1.54) is 0 Å². The lowest BCUT2D eigenvalue weighted by atomic mass is 10.2. The highest BCUT2D eigenvalue weighted by atomic mass is 35.5. The molecule has 0 unspecified atom stereocenters. The third-order valence-electron chi connectivity index (χ3n) is 5.21. The first-order chi connectivity index (χ1) is 14.5. The second-order valence-electron chi connectivity index (χ2n) is 7.32. The van der Waals surface area contributed by atoms with Crippen molar-refractivity contribution in [2.24, 2.45) is 0 Å². The van der Waals surface area contributed by atoms with Gasteiger partial charge in [-0.15, -0.1) is 0 Å². The van der Waals surface area contributed by atoms with Crippen molar-refractivity contribution in [3.63, 3.8) is 0 Å². The summed E-state index contributed by atoms with van der Waals surface area (Å²) < 4.78 is 1.89. The molecule has 4 heterocycles. The summed E-state index contributed by atoms with van der Waals surface area (Å²) >= 11 is 6.02. The van der Waals surface area contributed by atoms with Crippen molar-refractivity contribution in [2.45, 2.75) is 26.3 Å². The summed E-state index contributed by atoms with van der Waals surface area (Å²) in [7, 11) is 0. The van der Waals surface area contributed by atoms with Gasteiger partial charge in [0.1, 0.15) is 11.3 Å². The third kappa shape index (κ3) is 4.01. The Labute approximate surface area is 177 Å². The first kappa shape index (κ1) is 20.3. The Balaban J connectivity index is 1.40. The topological polar surface area (TPSA) is 113 Å². The predicted octanol–water partition coefficient (Wildman–Crippen LogP) is 2.53. The molecule has 1 N–H and O–H groups in total. The van der Waals surface area contributed by atoms with Crippen LogP contribution in [0.15, 0.2) is 24.5 Å². The molecule has 0 bridgehead atoms. The highest BCUT2D eigenvalue weighted by molar-refractivity contribution is 6.30. The van der Waals surface area contributed by atoms with Crippen LogP contribution in [0.4, 0.5) is 5.69 Å². The van der Waals surface area contributed by atoms with Crippen molar-refractivity contribution in [1.82, 2.24) is 29.4 Å². The van der Waals surface area contributed by atoms with Crippen molar-refractivity contribution >= 4 is 28.8 Å². The van der Waals surface area contributed by atoms with Gasteiger partial charge < -0.3 is 9.30 Å². The summed E-state index contributed by atoms with van der Waals surface area (Å²) in [6.45, 7) is 4.84. The molecule has 1 aliphatic rings. The molecule has 0 aromatic carbocycles. The Kier molecular flexibility index (Phi) is 5.69. The number of H-pyrrole nitrogens is 1. The molecule has 4 rings (SSSR count). The Morgan fingerprint density at radius 2 is 2.03 bits per heavy atom. The maximum absolute atomic E-state index is 12.8. The van der Waals surface area contributed by atoms with Gasteiger partial charge in [0, 0.05) is 45.1 Å². The van der Waals surface area contributed by atoms with E-state index in [-0.39, 0.29) is 11.4 Å². The van der Waals surface area contributed by atoms with Crippen LogP contribution in [0.2, 0.25) is 5.02 Å². The number of imidazole rings is 1. The van der Waals surface area contributed by atoms with Crippen LogP contribution < -0.4 is 0 Å². The van der Waals surface area contributed by atoms with E-state index in [0.29, 0.717) is 49.9 Å². The number of aryl methyl sites for hydroxylation is 1. The molecule has 158 valence electrons. The van der Waals surface area contributed by atoms with Crippen LogP contribution in [0, 0.1) is 10.1 Å². The van der Waals surface area contributed by atoms with Gasteiger partial charge in [0.25, 0.3) is 5.91 Å². The van der Waals surface area contributed by atoms with Gasteiger partial charge in [-0.3, -0.25) is 24.9 Å². The third-order valence-corrected chi connectivity index (χ3v) is 5.43. The second kappa shape index (κ2) is 8.41. The zero-order valence-corrected chi connectivity index (χ0v) is 17.3. The number of amides is 1. The number of fused-ring (bicyclic) bond motifs is 1. The Bertz CT molecular complexity index is 1090. The molecule has 11 heteroatoms. The van der Waals surface area contributed by atoms with E-state index in [2.05, 4.69) is 20.1 Å². The molecule has 0 saturated carbocycles. The van der Waals surface area contributed by atoms with Crippen molar-refractivity contribution in [3.05, 3.63) is 56.7 Å². The van der Waals surface area contributed by atoms with E-state index in [1.54, 1.807) is 11.0 Å². The largest absolute Gasteiger partial charge is 0.334 e. The number of hydrogen-bond donors (Lipinski definition) is 1. The fourth-order valence-corrected chi connectivity index (χ4v) is 3.89. The molecule has 1 amide bonds. The highest BCUT2D eigenvalue weighted by Crippen LogP contribution is 2.24. The zero-order valence-electron chi connectivity index (χ0n) is 16.5. The van der Waals surface area contributed by atoms with Gasteiger partial charge in [-0.05, 0) is 18.6 Å². The number of rotatable bonds is 6. The molecule has 1 fully saturated rings. The molecule has 30 heavy (non-hydrogen) atoms. The molecular formula is C19H22ClN7O3. The normalized spacial score (nSPS) is 15.1. The number of nitro groups is 1. The Morgan fingerprint density at radius 1 is 1.27 bits per heavy atom. The average Bonchev–Trinajstić information content (AvgIpc) is 3.31. The molecular weight excluding hydrogens is 410 g/mol. The average molecular weight is 432 g/mol. The number of aromatic nitrogens is 4. The Morgan fingerprint density at radius 3 is 2.73 bits per heavy atom. The van der Waals surface area contributed by atoms with Gasteiger partial charge in [-0.1, -0.05) is 24.9 Å². The molecule has 1 saturated heterocycles. The molecule has 0 spiro atoms. The maximum atomic E-state index is 12.8. The van der Waals surface area contributed by atoms with Gasteiger partial charge in [0.05, 0.1) is 15.6 Å². The fourth-order valence-electron chi connectivity index (χ4n) is 3.72. The fraction of sp³-hybridized carbons (Fsp3) is 0.421. The molecule has 3 aromatic rings. The lowest BCUT2D eigenvalue weighted by Crippen LogP contribution is -2.48. The molecule has 0 radical (unpaired) electrons. The SMILES string of the molecule is CCCc1[nH]nc(C(=O)N2CCN(Cc3cn4cc(Cl)ccc4n3)CC2)c1[N+](=O)[O-]. The number of aromatic amines is 1. The van der Waals surface area contributed by atoms with E-state index >= 15 is 0 Å². The summed E-state index contributed by atoms with van der Waals surface area (Å²) in [5.41, 5.74) is 1.85. The van der Waals surface area contributed by atoms with Gasteiger partial charge in [0.15, 0.2) is 0 Å². The van der Waals surface area contributed by atoms with Crippen molar-refractivity contribution < 1.29 is 9.72 Å². The summed E-state index contributed by atoms with van der Waals surface area (Å²) in [5, 5.41) is 18.7. The minimum Gasteiger partial charge on any atom is -0.334 e. The maximum Gasteiger partial charge on any atom is 0.322 e. The van der Waals surface area contributed by atoms with Crippen molar-refractivity contribution in [2.75, 3.05) is 26.2 Å². The van der Waals surface area contributed by atoms with Crippen LogP contribution in [-0.4, -0.2) is 66.4 Å². The van der Waals surface area contributed by atoms with Crippen molar-refractivity contribution in [3.8, 4) is 0 Å². The summed E-state index contributed by atoms with van der Waals surface area (Å²) in [5.74, 6) is -0.401. The molecule has 0 atom stereocenters. The first-order valence-corrected chi connectivity index (χ1v) is 10.2. The number of carbonyl (C=O) groups is 1. The summed E-state index contributed by atoms with van der Waals surface area (Å²) in [6.07, 6.45) is 4.97. The van der Waals surface area contributed by atoms with Gasteiger partial charge in [-0.25, -0.2) is 4.98 Å². The van der Waals surface area contributed by atoms with Crippen LogP contribution >= 0.6 is 11.6 Å². The quantitative estimate of drug-likeness (QED) is 0.474. The van der Waals surface area contributed by atoms with E-state index < -0.39 is 10.8 Å². The Hall–Kier alpha value is -2.98. The van der Waals surface area contributed by atoms with Crippen LogP contribution in [-0.2, 0) is 13.0 Å². The lowest BCUT2D eigenvalue weighted by Gasteiger charge is -2.33. The number of piperazine rings is 1.